The number of rotatable bonds is 2. The highest BCUT2D eigenvalue weighted by atomic mass is 16.5. The Kier molecular flexibility index (Phi) is 3.69. The van der Waals surface area contributed by atoms with E-state index >= 15 is 0 Å². The van der Waals surface area contributed by atoms with Crippen molar-refractivity contribution in [2.45, 2.75) is 31.9 Å². The van der Waals surface area contributed by atoms with E-state index in [2.05, 4.69) is 4.74 Å². The third-order valence-corrected chi connectivity index (χ3v) is 2.55. The molecule has 4 nitrogen and oxygen atoms in total. The number of carbonyl (C=O) groups is 1. The van der Waals surface area contributed by atoms with Crippen molar-refractivity contribution in [3.63, 3.8) is 0 Å². The van der Waals surface area contributed by atoms with Crippen molar-refractivity contribution in [2.75, 3.05) is 20.2 Å². The Bertz CT molecular complexity index is 184. The first kappa shape index (κ1) is 10.5. The number of methoxy groups -OCH3 is 1. The van der Waals surface area contributed by atoms with Crippen LogP contribution in [0.3, 0.4) is 0 Å². The average Bonchev–Trinajstić information content (AvgIpc) is 2.16. The Labute approximate surface area is 78.5 Å². The van der Waals surface area contributed by atoms with Crippen LogP contribution in [-0.2, 0) is 9.53 Å². The summed E-state index contributed by atoms with van der Waals surface area (Å²) < 4.78 is 4.65. The van der Waals surface area contributed by atoms with Gasteiger partial charge in [0, 0.05) is 0 Å². The summed E-state index contributed by atoms with van der Waals surface area (Å²) in [4.78, 5) is 13.3. The average molecular weight is 187 g/mol. The van der Waals surface area contributed by atoms with Gasteiger partial charge < -0.3 is 9.84 Å². The lowest BCUT2D eigenvalue weighted by Crippen LogP contribution is -2.52. The molecule has 13 heavy (non-hydrogen) atoms. The largest absolute Gasteiger partial charge is 0.468 e. The molecule has 0 aromatic rings. The lowest BCUT2D eigenvalue weighted by molar-refractivity contribution is -0.153. The molecule has 1 N–H and O–H groups in total. The Hall–Kier alpha value is -0.610. The molecule has 1 aliphatic heterocycles. The van der Waals surface area contributed by atoms with Crippen LogP contribution in [0.4, 0.5) is 0 Å². The van der Waals surface area contributed by atoms with E-state index in [4.69, 9.17) is 0 Å². The van der Waals surface area contributed by atoms with Gasteiger partial charge in [0.1, 0.15) is 6.04 Å². The first-order chi connectivity index (χ1) is 6.20. The van der Waals surface area contributed by atoms with Crippen LogP contribution in [0.5, 0.6) is 0 Å². The molecule has 1 saturated heterocycles. The van der Waals surface area contributed by atoms with Crippen molar-refractivity contribution in [1.82, 2.24) is 4.90 Å². The fourth-order valence-electron chi connectivity index (χ4n) is 1.83. The van der Waals surface area contributed by atoms with Crippen LogP contribution in [0, 0.1) is 0 Å². The minimum absolute atomic E-state index is 0.325. The number of likely N-dealkylation sites (N-methyl/N-ethyl adjacent to an activating group) is 1. The van der Waals surface area contributed by atoms with Crippen molar-refractivity contribution < 1.29 is 14.6 Å². The van der Waals surface area contributed by atoms with Gasteiger partial charge in [-0.3, -0.25) is 9.69 Å². The van der Waals surface area contributed by atoms with Gasteiger partial charge in [-0.2, -0.15) is 0 Å². The highest BCUT2D eigenvalue weighted by Crippen LogP contribution is 2.18. The van der Waals surface area contributed by atoms with Crippen LogP contribution in [-0.4, -0.2) is 48.3 Å². The molecule has 0 radical (unpaired) electrons. The summed E-state index contributed by atoms with van der Waals surface area (Å²) in [6, 6.07) is -0.455. The first-order valence-corrected chi connectivity index (χ1v) is 4.70. The second kappa shape index (κ2) is 4.58. The van der Waals surface area contributed by atoms with E-state index in [9.17, 15) is 9.90 Å². The number of likely N-dealkylation sites (tertiary alicyclic amines) is 1. The number of aliphatic hydroxyl groups is 1. The molecule has 0 spiro atoms. The molecule has 1 heterocycles. The number of hydrogen-bond donors (Lipinski definition) is 1. The maximum absolute atomic E-state index is 11.3. The van der Waals surface area contributed by atoms with Crippen LogP contribution in [0.2, 0.25) is 0 Å². The molecular weight excluding hydrogens is 170 g/mol. The lowest BCUT2D eigenvalue weighted by Gasteiger charge is -2.36. The number of esters is 1. The van der Waals surface area contributed by atoms with E-state index in [0.717, 1.165) is 19.5 Å². The summed E-state index contributed by atoms with van der Waals surface area (Å²) in [6.45, 7) is 3.62. The van der Waals surface area contributed by atoms with E-state index in [1.54, 1.807) is 0 Å². The minimum atomic E-state index is -0.568. The third kappa shape index (κ3) is 2.19. The van der Waals surface area contributed by atoms with Gasteiger partial charge in [-0.05, 0) is 25.9 Å². The SMILES string of the molecule is CCN1CCCC(O)C1C(=O)OC. The Morgan fingerprint density at radius 3 is 2.92 bits per heavy atom. The van der Waals surface area contributed by atoms with Crippen molar-refractivity contribution in [1.29, 1.82) is 0 Å². The molecule has 1 fully saturated rings. The van der Waals surface area contributed by atoms with E-state index < -0.39 is 12.1 Å². The molecule has 0 saturated carbocycles. The van der Waals surface area contributed by atoms with Gasteiger partial charge in [0.25, 0.3) is 0 Å². The van der Waals surface area contributed by atoms with Crippen LogP contribution in [0.25, 0.3) is 0 Å². The fraction of sp³-hybridized carbons (Fsp3) is 0.889. The van der Waals surface area contributed by atoms with Crippen molar-refractivity contribution in [3.05, 3.63) is 0 Å². The summed E-state index contributed by atoms with van der Waals surface area (Å²) in [5.74, 6) is -0.325. The van der Waals surface area contributed by atoms with E-state index in [0.29, 0.717) is 6.42 Å². The molecule has 0 aromatic carbocycles. The Balaban J connectivity index is 2.67. The quantitative estimate of drug-likeness (QED) is 0.618. The van der Waals surface area contributed by atoms with Crippen LogP contribution in [0.1, 0.15) is 19.8 Å². The van der Waals surface area contributed by atoms with Crippen molar-refractivity contribution in [2.24, 2.45) is 0 Å². The highest BCUT2D eigenvalue weighted by molar-refractivity contribution is 5.76. The molecule has 4 heteroatoms. The maximum Gasteiger partial charge on any atom is 0.325 e. The van der Waals surface area contributed by atoms with E-state index in [-0.39, 0.29) is 5.97 Å². The summed E-state index contributed by atoms with van der Waals surface area (Å²) in [7, 11) is 1.36. The lowest BCUT2D eigenvalue weighted by atomic mass is 9.99. The molecule has 76 valence electrons. The molecule has 0 amide bonds. The number of carbonyl (C=O) groups excluding carboxylic acids is 1. The molecule has 0 aromatic heterocycles. The first-order valence-electron chi connectivity index (χ1n) is 4.70. The van der Waals surface area contributed by atoms with Crippen molar-refractivity contribution >= 4 is 5.97 Å². The molecule has 0 bridgehead atoms. The second-order valence-corrected chi connectivity index (χ2v) is 3.31. The standard InChI is InChI=1S/C9H17NO3/c1-3-10-6-4-5-7(11)8(10)9(12)13-2/h7-8,11H,3-6H2,1-2H3. The van der Waals surface area contributed by atoms with Crippen LogP contribution >= 0.6 is 0 Å². The number of aliphatic hydroxyl groups excluding tert-OH is 1. The highest BCUT2D eigenvalue weighted by Gasteiger charge is 2.35. The van der Waals surface area contributed by atoms with Crippen LogP contribution < -0.4 is 0 Å². The number of hydrogen-bond acceptors (Lipinski definition) is 4. The van der Waals surface area contributed by atoms with E-state index in [1.165, 1.54) is 7.11 Å². The second-order valence-electron chi connectivity index (χ2n) is 3.31. The van der Waals surface area contributed by atoms with Gasteiger partial charge in [-0.25, -0.2) is 0 Å². The van der Waals surface area contributed by atoms with Crippen molar-refractivity contribution in [3.8, 4) is 0 Å². The van der Waals surface area contributed by atoms with E-state index in [1.807, 2.05) is 11.8 Å². The fourth-order valence-corrected chi connectivity index (χ4v) is 1.83. The normalized spacial score (nSPS) is 30.1. The molecule has 0 aliphatic carbocycles. The van der Waals surface area contributed by atoms with Gasteiger partial charge in [0.05, 0.1) is 13.2 Å². The molecular formula is C9H17NO3. The Morgan fingerprint density at radius 2 is 2.38 bits per heavy atom. The zero-order valence-corrected chi connectivity index (χ0v) is 8.19. The maximum atomic E-state index is 11.3. The van der Waals surface area contributed by atoms with Gasteiger partial charge >= 0.3 is 5.97 Å². The predicted molar refractivity (Wildman–Crippen MR) is 48.3 cm³/mol. The third-order valence-electron chi connectivity index (χ3n) is 2.55. The van der Waals surface area contributed by atoms with Gasteiger partial charge in [0.15, 0.2) is 0 Å². The zero-order chi connectivity index (χ0) is 9.84. The number of nitrogens with zero attached hydrogens (tertiary/aromatic N) is 1. The topological polar surface area (TPSA) is 49.8 Å². The molecule has 1 aliphatic rings. The predicted octanol–water partition coefficient (Wildman–Crippen LogP) is 0.00460. The minimum Gasteiger partial charge on any atom is -0.468 e. The van der Waals surface area contributed by atoms with Gasteiger partial charge in [-0.15, -0.1) is 0 Å². The summed E-state index contributed by atoms with van der Waals surface area (Å²) in [6.07, 6.45) is 1.07. The summed E-state index contributed by atoms with van der Waals surface area (Å²) in [5.41, 5.74) is 0. The summed E-state index contributed by atoms with van der Waals surface area (Å²) in [5, 5.41) is 9.63. The zero-order valence-electron chi connectivity index (χ0n) is 8.19. The number of piperidine rings is 1. The van der Waals surface area contributed by atoms with Gasteiger partial charge in [0.2, 0.25) is 0 Å². The summed E-state index contributed by atoms with van der Waals surface area (Å²) >= 11 is 0. The smallest absolute Gasteiger partial charge is 0.325 e. The Morgan fingerprint density at radius 1 is 1.69 bits per heavy atom. The molecule has 2 atom stereocenters. The number of ether oxygens (including phenoxy) is 1. The van der Waals surface area contributed by atoms with Gasteiger partial charge in [-0.1, -0.05) is 6.92 Å². The van der Waals surface area contributed by atoms with Crippen LogP contribution in [0.15, 0.2) is 0 Å². The molecule has 2 unspecified atom stereocenters. The monoisotopic (exact) mass is 187 g/mol. The molecule has 1 rings (SSSR count).